The molecule has 0 aliphatic carbocycles. The number of carbonyl (C=O) groups excluding carboxylic acids is 1. The number of nitrogens with zero attached hydrogens (tertiary/aromatic N) is 1. The van der Waals surface area contributed by atoms with Crippen molar-refractivity contribution < 1.29 is 23.7 Å². The highest BCUT2D eigenvalue weighted by Crippen LogP contribution is 2.40. The van der Waals surface area contributed by atoms with Crippen LogP contribution in [0.5, 0.6) is 17.4 Å². The lowest BCUT2D eigenvalue weighted by Gasteiger charge is -2.29. The molecule has 0 aliphatic rings. The first-order valence-electron chi connectivity index (χ1n) is 12.9. The quantitative estimate of drug-likeness (QED) is 0.243. The first kappa shape index (κ1) is 30.2. The molecule has 0 N–H and O–H groups in total. The highest BCUT2D eigenvalue weighted by molar-refractivity contribution is 5.72. The van der Waals surface area contributed by atoms with E-state index in [-0.39, 0.29) is 0 Å². The summed E-state index contributed by atoms with van der Waals surface area (Å²) in [6, 6.07) is 0. The lowest BCUT2D eigenvalue weighted by atomic mass is 9.83. The Bertz CT molecular complexity index is 751. The molecule has 0 bridgehead atoms. The molecule has 0 aromatic carbocycles. The molecule has 0 radical (unpaired) electrons. The van der Waals surface area contributed by atoms with E-state index < -0.39 is 5.97 Å². The minimum absolute atomic E-state index is 0.348. The Morgan fingerprint density at radius 2 is 1.56 bits per heavy atom. The highest BCUT2D eigenvalue weighted by Gasteiger charge is 2.24. The van der Waals surface area contributed by atoms with Crippen LogP contribution in [0.25, 0.3) is 0 Å². The predicted molar refractivity (Wildman–Crippen MR) is 138 cm³/mol. The molecular weight excluding hydrogens is 430 g/mol. The average molecular weight is 480 g/mol. The summed E-state index contributed by atoms with van der Waals surface area (Å²) >= 11 is 0. The van der Waals surface area contributed by atoms with Gasteiger partial charge in [-0.15, -0.1) is 0 Å². The SMILES string of the molecule is CCC(C)C(OC)C(C)CC(C)CCCC(C)CCc1nc(OC)c(OC)c(OC(C)=O)c1C. The van der Waals surface area contributed by atoms with Crippen LogP contribution in [-0.4, -0.2) is 38.4 Å². The lowest BCUT2D eigenvalue weighted by Crippen LogP contribution is -2.28. The van der Waals surface area contributed by atoms with Gasteiger partial charge in [-0.3, -0.25) is 4.79 Å². The standard InChI is InChI=1S/C28H49NO5/c1-11-20(4)25(31-8)21(5)17-19(3)14-12-13-18(2)15-16-24-22(6)26(34-23(7)30)27(32-9)28(29-24)33-10/h18-21,25H,11-17H2,1-10H3. The number of carbonyl (C=O) groups is 1. The summed E-state index contributed by atoms with van der Waals surface area (Å²) in [6.07, 6.45) is 8.22. The van der Waals surface area contributed by atoms with Gasteiger partial charge in [0, 0.05) is 19.6 Å². The number of hydrogen-bond donors (Lipinski definition) is 0. The Labute approximate surface area is 208 Å². The molecule has 1 aromatic heterocycles. The summed E-state index contributed by atoms with van der Waals surface area (Å²) in [7, 11) is 4.92. The highest BCUT2D eigenvalue weighted by atomic mass is 16.6. The van der Waals surface area contributed by atoms with Gasteiger partial charge < -0.3 is 18.9 Å². The van der Waals surface area contributed by atoms with E-state index in [9.17, 15) is 4.79 Å². The molecule has 0 saturated heterocycles. The third-order valence-corrected chi connectivity index (χ3v) is 7.13. The number of methoxy groups -OCH3 is 3. The van der Waals surface area contributed by atoms with E-state index in [0.29, 0.717) is 47.2 Å². The zero-order valence-corrected chi connectivity index (χ0v) is 23.3. The topological polar surface area (TPSA) is 66.9 Å². The largest absolute Gasteiger partial charge is 0.489 e. The van der Waals surface area contributed by atoms with Crippen molar-refractivity contribution in [1.29, 1.82) is 0 Å². The molecule has 0 fully saturated rings. The summed E-state index contributed by atoms with van der Waals surface area (Å²) in [6.45, 7) is 14.9. The van der Waals surface area contributed by atoms with Crippen molar-refractivity contribution in [2.24, 2.45) is 23.7 Å². The van der Waals surface area contributed by atoms with Gasteiger partial charge in [0.1, 0.15) is 0 Å². The van der Waals surface area contributed by atoms with Crippen LogP contribution >= 0.6 is 0 Å². The Morgan fingerprint density at radius 3 is 2.09 bits per heavy atom. The van der Waals surface area contributed by atoms with Crippen LogP contribution in [-0.2, 0) is 16.0 Å². The Kier molecular flexibility index (Phi) is 13.5. The molecule has 0 spiro atoms. The Balaban J connectivity index is 2.63. The van der Waals surface area contributed by atoms with E-state index in [1.54, 1.807) is 7.11 Å². The second-order valence-corrected chi connectivity index (χ2v) is 10.1. The molecule has 0 aliphatic heterocycles. The number of pyridine rings is 1. The van der Waals surface area contributed by atoms with Gasteiger partial charge in [-0.25, -0.2) is 4.98 Å². The van der Waals surface area contributed by atoms with E-state index in [1.165, 1.54) is 39.7 Å². The molecule has 5 atom stereocenters. The second-order valence-electron chi connectivity index (χ2n) is 10.1. The summed E-state index contributed by atoms with van der Waals surface area (Å²) in [5.41, 5.74) is 1.72. The Morgan fingerprint density at radius 1 is 0.912 bits per heavy atom. The number of hydrogen-bond acceptors (Lipinski definition) is 6. The summed E-state index contributed by atoms with van der Waals surface area (Å²) in [5, 5.41) is 0. The number of rotatable bonds is 16. The second kappa shape index (κ2) is 15.2. The zero-order chi connectivity index (χ0) is 25.8. The van der Waals surface area contributed by atoms with Crippen molar-refractivity contribution in [2.75, 3.05) is 21.3 Å². The fraction of sp³-hybridized carbons (Fsp3) is 0.786. The molecule has 34 heavy (non-hydrogen) atoms. The van der Waals surface area contributed by atoms with Crippen molar-refractivity contribution in [3.05, 3.63) is 11.3 Å². The molecular formula is C28H49NO5. The maximum atomic E-state index is 11.6. The average Bonchev–Trinajstić information content (AvgIpc) is 2.79. The Hall–Kier alpha value is -1.82. The molecule has 1 heterocycles. The van der Waals surface area contributed by atoms with E-state index >= 15 is 0 Å². The first-order chi connectivity index (χ1) is 16.1. The molecule has 1 rings (SSSR count). The number of aryl methyl sites for hydroxylation is 1. The molecule has 0 amide bonds. The zero-order valence-electron chi connectivity index (χ0n) is 23.3. The third-order valence-electron chi connectivity index (χ3n) is 7.13. The number of esters is 1. The normalized spacial score (nSPS) is 15.8. The van der Waals surface area contributed by atoms with E-state index in [4.69, 9.17) is 18.9 Å². The molecule has 6 nitrogen and oxygen atoms in total. The van der Waals surface area contributed by atoms with Crippen LogP contribution in [0, 0.1) is 30.6 Å². The maximum Gasteiger partial charge on any atom is 0.308 e. The lowest BCUT2D eigenvalue weighted by molar-refractivity contribution is -0.132. The van der Waals surface area contributed by atoms with Crippen LogP contribution in [0.2, 0.25) is 0 Å². The number of aromatic nitrogens is 1. The van der Waals surface area contributed by atoms with Crippen LogP contribution in [0.15, 0.2) is 0 Å². The minimum atomic E-state index is -0.390. The van der Waals surface area contributed by atoms with Crippen LogP contribution in [0.1, 0.15) is 91.3 Å². The predicted octanol–water partition coefficient (Wildman–Crippen LogP) is 6.79. The summed E-state index contributed by atoms with van der Waals surface area (Å²) in [4.78, 5) is 16.2. The molecule has 6 heteroatoms. The molecule has 0 saturated carbocycles. The van der Waals surface area contributed by atoms with Gasteiger partial charge >= 0.3 is 5.97 Å². The fourth-order valence-corrected chi connectivity index (χ4v) is 4.97. The van der Waals surface area contributed by atoms with Gasteiger partial charge in [0.25, 0.3) is 5.88 Å². The van der Waals surface area contributed by atoms with Gasteiger partial charge in [-0.2, -0.15) is 0 Å². The molecule has 1 aromatic rings. The van der Waals surface area contributed by atoms with E-state index in [1.807, 2.05) is 14.0 Å². The van der Waals surface area contributed by atoms with Gasteiger partial charge in [0.2, 0.25) is 5.75 Å². The van der Waals surface area contributed by atoms with Crippen LogP contribution in [0.3, 0.4) is 0 Å². The minimum Gasteiger partial charge on any atom is -0.489 e. The first-order valence-corrected chi connectivity index (χ1v) is 12.9. The number of ether oxygens (including phenoxy) is 4. The monoisotopic (exact) mass is 479 g/mol. The van der Waals surface area contributed by atoms with Gasteiger partial charge in [-0.1, -0.05) is 60.3 Å². The third kappa shape index (κ3) is 9.09. The van der Waals surface area contributed by atoms with Gasteiger partial charge in [-0.05, 0) is 49.9 Å². The fourth-order valence-electron chi connectivity index (χ4n) is 4.97. The van der Waals surface area contributed by atoms with Crippen molar-refractivity contribution in [2.45, 2.75) is 99.5 Å². The van der Waals surface area contributed by atoms with Crippen molar-refractivity contribution >= 4 is 5.97 Å². The maximum absolute atomic E-state index is 11.6. The van der Waals surface area contributed by atoms with Crippen molar-refractivity contribution in [1.82, 2.24) is 4.98 Å². The van der Waals surface area contributed by atoms with E-state index in [2.05, 4.69) is 39.6 Å². The van der Waals surface area contributed by atoms with E-state index in [0.717, 1.165) is 30.5 Å². The van der Waals surface area contributed by atoms with Crippen molar-refractivity contribution in [3.63, 3.8) is 0 Å². The van der Waals surface area contributed by atoms with Gasteiger partial charge in [0.05, 0.1) is 26.0 Å². The van der Waals surface area contributed by atoms with Crippen molar-refractivity contribution in [3.8, 4) is 17.4 Å². The molecule has 5 unspecified atom stereocenters. The smallest absolute Gasteiger partial charge is 0.308 e. The summed E-state index contributed by atoms with van der Waals surface area (Å²) in [5.74, 6) is 3.19. The van der Waals surface area contributed by atoms with Crippen LogP contribution < -0.4 is 14.2 Å². The van der Waals surface area contributed by atoms with Gasteiger partial charge in [0.15, 0.2) is 5.75 Å². The van der Waals surface area contributed by atoms with Crippen LogP contribution in [0.4, 0.5) is 0 Å². The summed E-state index contributed by atoms with van der Waals surface area (Å²) < 4.78 is 22.0. The molecule has 196 valence electrons.